The first-order valence-electron chi connectivity index (χ1n) is 4.68. The van der Waals surface area contributed by atoms with E-state index in [0.29, 0.717) is 11.8 Å². The second-order valence-corrected chi connectivity index (χ2v) is 4.63. The van der Waals surface area contributed by atoms with E-state index in [0.717, 1.165) is 6.61 Å². The van der Waals surface area contributed by atoms with Gasteiger partial charge >= 0.3 is 0 Å². The minimum Gasteiger partial charge on any atom is -0.395 e. The third-order valence-corrected chi connectivity index (χ3v) is 3.90. The highest BCUT2D eigenvalue weighted by Crippen LogP contribution is 2.40. The van der Waals surface area contributed by atoms with E-state index >= 15 is 0 Å². The van der Waals surface area contributed by atoms with Crippen molar-refractivity contribution in [3.8, 4) is 0 Å². The van der Waals surface area contributed by atoms with Crippen LogP contribution in [-0.2, 0) is 4.84 Å². The highest BCUT2D eigenvalue weighted by molar-refractivity contribution is 7.10. The summed E-state index contributed by atoms with van der Waals surface area (Å²) < 4.78 is 0. The van der Waals surface area contributed by atoms with Gasteiger partial charge in [0.15, 0.2) is 0 Å². The Morgan fingerprint density at radius 3 is 3.31 bits per heavy atom. The molecule has 68 valence electrons. The first kappa shape index (κ1) is 7.56. The Morgan fingerprint density at radius 1 is 1.46 bits per heavy atom. The number of nitrogens with zero attached hydrogens (tertiary/aromatic N) is 1. The van der Waals surface area contributed by atoms with Crippen molar-refractivity contribution >= 4 is 17.0 Å². The van der Waals surface area contributed by atoms with Crippen LogP contribution in [0.4, 0.5) is 0 Å². The molecule has 0 saturated heterocycles. The van der Waals surface area contributed by atoms with Crippen LogP contribution in [0.15, 0.2) is 22.7 Å². The number of fused-ring (bicyclic) bond motifs is 1. The zero-order valence-electron chi connectivity index (χ0n) is 7.27. The van der Waals surface area contributed by atoms with Crippen LogP contribution in [0, 0.1) is 5.92 Å². The third kappa shape index (κ3) is 1.10. The Labute approximate surface area is 81.2 Å². The van der Waals surface area contributed by atoms with Gasteiger partial charge in [0.05, 0.1) is 5.71 Å². The summed E-state index contributed by atoms with van der Waals surface area (Å²) in [5, 5.41) is 6.30. The topological polar surface area (TPSA) is 21.6 Å². The lowest BCUT2D eigenvalue weighted by atomic mass is 10.0. The van der Waals surface area contributed by atoms with Gasteiger partial charge in [-0.3, -0.25) is 0 Å². The van der Waals surface area contributed by atoms with Crippen molar-refractivity contribution in [3.63, 3.8) is 0 Å². The molecule has 2 heterocycles. The molecule has 1 aromatic rings. The largest absolute Gasteiger partial charge is 0.395 e. The molecule has 2 nitrogen and oxygen atoms in total. The fourth-order valence-corrected chi connectivity index (χ4v) is 3.11. The van der Waals surface area contributed by atoms with Crippen LogP contribution in [0.2, 0.25) is 0 Å². The summed E-state index contributed by atoms with van der Waals surface area (Å²) in [6.07, 6.45) is 2.51. The quantitative estimate of drug-likeness (QED) is 0.672. The van der Waals surface area contributed by atoms with E-state index in [1.54, 1.807) is 0 Å². The fourth-order valence-electron chi connectivity index (χ4n) is 2.23. The van der Waals surface area contributed by atoms with Gasteiger partial charge in [-0.1, -0.05) is 11.2 Å². The Kier molecular flexibility index (Phi) is 1.65. The molecule has 0 aromatic carbocycles. The molecular weight excluding hydrogens is 182 g/mol. The van der Waals surface area contributed by atoms with Gasteiger partial charge in [-0.25, -0.2) is 0 Å². The van der Waals surface area contributed by atoms with Gasteiger partial charge in [0.1, 0.15) is 6.61 Å². The van der Waals surface area contributed by atoms with Crippen LogP contribution in [0.3, 0.4) is 0 Å². The molecule has 2 atom stereocenters. The lowest BCUT2D eigenvalue weighted by molar-refractivity contribution is 0.151. The summed E-state index contributed by atoms with van der Waals surface area (Å²) in [5.41, 5.74) is 1.29. The van der Waals surface area contributed by atoms with Crippen LogP contribution in [0.1, 0.15) is 23.6 Å². The molecule has 3 heteroatoms. The molecule has 1 aliphatic carbocycles. The van der Waals surface area contributed by atoms with Gasteiger partial charge in [0, 0.05) is 16.7 Å². The summed E-state index contributed by atoms with van der Waals surface area (Å²) in [4.78, 5) is 6.58. The molecule has 0 bridgehead atoms. The molecule has 1 saturated carbocycles. The van der Waals surface area contributed by atoms with E-state index in [1.807, 2.05) is 11.3 Å². The Bertz CT molecular complexity index is 331. The zero-order valence-corrected chi connectivity index (χ0v) is 8.09. The second kappa shape index (κ2) is 2.84. The monoisotopic (exact) mass is 193 g/mol. The summed E-state index contributed by atoms with van der Waals surface area (Å²) in [6, 6.07) is 4.32. The summed E-state index contributed by atoms with van der Waals surface area (Å²) in [5.74, 6) is 1.18. The van der Waals surface area contributed by atoms with E-state index in [2.05, 4.69) is 22.7 Å². The van der Waals surface area contributed by atoms with Crippen molar-refractivity contribution in [2.75, 3.05) is 6.61 Å². The fraction of sp³-hybridized carbons (Fsp3) is 0.500. The summed E-state index contributed by atoms with van der Waals surface area (Å²) in [7, 11) is 0. The molecule has 2 aliphatic rings. The van der Waals surface area contributed by atoms with Crippen molar-refractivity contribution < 1.29 is 4.84 Å². The van der Waals surface area contributed by atoms with Crippen LogP contribution in [0.5, 0.6) is 0 Å². The van der Waals surface area contributed by atoms with Gasteiger partial charge in [-0.05, 0) is 24.3 Å². The Balaban J connectivity index is 1.94. The minimum absolute atomic E-state index is 0.562. The number of hydrogen-bond donors (Lipinski definition) is 0. The van der Waals surface area contributed by atoms with E-state index in [4.69, 9.17) is 4.84 Å². The summed E-state index contributed by atoms with van der Waals surface area (Å²) in [6.45, 7) is 0.817. The van der Waals surface area contributed by atoms with Crippen molar-refractivity contribution in [2.45, 2.75) is 18.8 Å². The maximum Gasteiger partial charge on any atom is 0.125 e. The molecule has 1 aromatic heterocycles. The number of thiophene rings is 1. The van der Waals surface area contributed by atoms with Gasteiger partial charge in [-0.2, -0.15) is 0 Å². The van der Waals surface area contributed by atoms with Crippen molar-refractivity contribution in [1.29, 1.82) is 0 Å². The van der Waals surface area contributed by atoms with Crippen LogP contribution in [-0.4, -0.2) is 12.3 Å². The van der Waals surface area contributed by atoms with Crippen molar-refractivity contribution in [2.24, 2.45) is 11.1 Å². The molecule has 0 unspecified atom stereocenters. The van der Waals surface area contributed by atoms with Gasteiger partial charge in [0.2, 0.25) is 0 Å². The Morgan fingerprint density at radius 2 is 2.46 bits per heavy atom. The van der Waals surface area contributed by atoms with Gasteiger partial charge in [0.25, 0.3) is 0 Å². The molecule has 1 aliphatic heterocycles. The SMILES string of the molecule is c1csc([C@H]2CC[C@H]3CON=C32)c1. The highest BCUT2D eigenvalue weighted by Gasteiger charge is 2.37. The molecule has 0 amide bonds. The molecule has 3 rings (SSSR count). The van der Waals surface area contributed by atoms with Crippen molar-refractivity contribution in [3.05, 3.63) is 22.4 Å². The minimum atomic E-state index is 0.562. The number of oxime groups is 1. The standard InChI is InChI=1S/C10H11NOS/c1-2-9(13-5-1)8-4-3-7-6-12-11-10(7)8/h1-2,5,7-8H,3-4,6H2/t7-,8+/m0/s1. The average Bonchev–Trinajstić information content (AvgIpc) is 2.79. The third-order valence-electron chi connectivity index (χ3n) is 2.91. The number of rotatable bonds is 1. The summed E-state index contributed by atoms with van der Waals surface area (Å²) >= 11 is 1.83. The van der Waals surface area contributed by atoms with Crippen LogP contribution in [0.25, 0.3) is 0 Å². The van der Waals surface area contributed by atoms with E-state index in [9.17, 15) is 0 Å². The molecule has 13 heavy (non-hydrogen) atoms. The average molecular weight is 193 g/mol. The maximum atomic E-state index is 5.13. The molecule has 0 spiro atoms. The number of hydrogen-bond acceptors (Lipinski definition) is 3. The predicted octanol–water partition coefficient (Wildman–Crippen LogP) is 2.63. The zero-order chi connectivity index (χ0) is 8.67. The van der Waals surface area contributed by atoms with E-state index in [1.165, 1.54) is 23.4 Å². The first-order valence-corrected chi connectivity index (χ1v) is 5.56. The molecular formula is C10H11NOS. The normalized spacial score (nSPS) is 31.2. The molecule has 1 fully saturated rings. The first-order chi connectivity index (χ1) is 6.45. The van der Waals surface area contributed by atoms with Gasteiger partial charge in [-0.15, -0.1) is 11.3 Å². The molecule has 0 N–H and O–H groups in total. The highest BCUT2D eigenvalue weighted by atomic mass is 32.1. The lowest BCUT2D eigenvalue weighted by Gasteiger charge is -2.05. The van der Waals surface area contributed by atoms with Crippen LogP contribution >= 0.6 is 11.3 Å². The maximum absolute atomic E-state index is 5.13. The Hall–Kier alpha value is -0.830. The van der Waals surface area contributed by atoms with E-state index < -0.39 is 0 Å². The van der Waals surface area contributed by atoms with Gasteiger partial charge < -0.3 is 4.84 Å². The van der Waals surface area contributed by atoms with Crippen LogP contribution < -0.4 is 0 Å². The van der Waals surface area contributed by atoms with E-state index in [-0.39, 0.29) is 0 Å². The lowest BCUT2D eigenvalue weighted by Crippen LogP contribution is -2.09. The van der Waals surface area contributed by atoms with Crippen molar-refractivity contribution in [1.82, 2.24) is 0 Å². The second-order valence-electron chi connectivity index (χ2n) is 3.65. The molecule has 0 radical (unpaired) electrons. The smallest absolute Gasteiger partial charge is 0.125 e. The predicted molar refractivity (Wildman–Crippen MR) is 53.2 cm³/mol.